The fourth-order valence-corrected chi connectivity index (χ4v) is 2.92. The second-order valence-electron chi connectivity index (χ2n) is 5.35. The summed E-state index contributed by atoms with van der Waals surface area (Å²) < 4.78 is 0. The molecule has 0 heterocycles. The molecule has 1 unspecified atom stereocenters. The van der Waals surface area contributed by atoms with Gasteiger partial charge in [-0.2, -0.15) is 0 Å². The molecule has 5 N–H and O–H groups in total. The lowest BCUT2D eigenvalue weighted by molar-refractivity contribution is -0.535. The summed E-state index contributed by atoms with van der Waals surface area (Å²) in [5.41, 5.74) is 0. The fourth-order valence-electron chi connectivity index (χ4n) is 2.92. The van der Waals surface area contributed by atoms with E-state index in [1.807, 2.05) is 0 Å². The minimum atomic E-state index is -1.12. The third-order valence-corrected chi connectivity index (χ3v) is 3.93. The van der Waals surface area contributed by atoms with Crippen LogP contribution in [0.4, 0.5) is 0 Å². The van der Waals surface area contributed by atoms with Crippen molar-refractivity contribution in [1.29, 1.82) is 0 Å². The van der Waals surface area contributed by atoms with Gasteiger partial charge in [0.2, 0.25) is 5.91 Å². The molecule has 1 saturated carbocycles. The maximum atomic E-state index is 12.6. The number of carbonyl (C=O) groups is 2. The van der Waals surface area contributed by atoms with Crippen molar-refractivity contribution in [3.63, 3.8) is 0 Å². The zero-order valence-corrected chi connectivity index (χ0v) is 13.3. The van der Waals surface area contributed by atoms with Crippen LogP contribution in [0.25, 0.3) is 0 Å². The minimum absolute atomic E-state index is 0.0263. The molecule has 12 nitrogen and oxygen atoms in total. The van der Waals surface area contributed by atoms with Crippen molar-refractivity contribution in [3.8, 4) is 0 Å². The summed E-state index contributed by atoms with van der Waals surface area (Å²) in [5, 5.41) is 43.1. The summed E-state index contributed by atoms with van der Waals surface area (Å²) in [6.07, 6.45) is -1.94. The van der Waals surface area contributed by atoms with E-state index in [9.17, 15) is 14.7 Å². The molecule has 1 rings (SSSR count). The molecular weight excluding hydrogens is 330 g/mol. The first-order valence-corrected chi connectivity index (χ1v) is 7.43. The van der Waals surface area contributed by atoms with Crippen molar-refractivity contribution >= 4 is 11.9 Å². The molecule has 4 atom stereocenters. The van der Waals surface area contributed by atoms with E-state index in [4.69, 9.17) is 20.8 Å². The van der Waals surface area contributed by atoms with Crippen LogP contribution in [0.15, 0.2) is 0 Å². The van der Waals surface area contributed by atoms with Crippen LogP contribution in [0.2, 0.25) is 0 Å². The third kappa shape index (κ3) is 5.32. The van der Waals surface area contributed by atoms with Crippen LogP contribution in [-0.2, 0) is 19.3 Å². The number of hydrogen-bond donors (Lipinski definition) is 5. The summed E-state index contributed by atoms with van der Waals surface area (Å²) in [7, 11) is 0. The molecule has 0 aliphatic heterocycles. The second kappa shape index (κ2) is 9.19. The molecule has 0 aromatic heterocycles. The van der Waals surface area contributed by atoms with Gasteiger partial charge in [0.25, 0.3) is 0 Å². The largest absolute Gasteiger partial charge is 0.480 e. The van der Waals surface area contributed by atoms with Crippen molar-refractivity contribution in [1.82, 2.24) is 15.7 Å². The standard InChI is InChI=1S/C12H23N3O9/c1-3-8(12(17)18)13(4-2)11(16)7-5-9(23-14(19)20)10(6-7)24-15(21)22/h7-10,19-22H,3-6H2,1-2H3,(H,17,18)/t7?,8-,9-,10+/m1/s1. The minimum Gasteiger partial charge on any atom is -0.480 e. The van der Waals surface area contributed by atoms with Gasteiger partial charge in [0, 0.05) is 12.5 Å². The Morgan fingerprint density at radius 2 is 1.50 bits per heavy atom. The number of aliphatic carboxylic acids is 1. The predicted octanol–water partition coefficient (Wildman–Crippen LogP) is -0.131. The fraction of sp³-hybridized carbons (Fsp3) is 0.833. The molecular formula is C12H23N3O9. The topological polar surface area (TPSA) is 163 Å². The predicted molar refractivity (Wildman–Crippen MR) is 72.4 cm³/mol. The van der Waals surface area contributed by atoms with Gasteiger partial charge in [0.1, 0.15) is 18.2 Å². The molecule has 1 aliphatic carbocycles. The Kier molecular flexibility index (Phi) is 7.92. The Hall–Kier alpha value is -1.38. The van der Waals surface area contributed by atoms with Gasteiger partial charge in [0.05, 0.1) is 10.8 Å². The molecule has 0 radical (unpaired) electrons. The lowest BCUT2D eigenvalue weighted by Gasteiger charge is -2.29. The van der Waals surface area contributed by atoms with E-state index in [1.165, 1.54) is 4.90 Å². The Morgan fingerprint density at radius 3 is 1.79 bits per heavy atom. The summed E-state index contributed by atoms with van der Waals surface area (Å²) in [6, 6.07) is -0.985. The van der Waals surface area contributed by atoms with Gasteiger partial charge >= 0.3 is 5.97 Å². The van der Waals surface area contributed by atoms with Gasteiger partial charge in [0.15, 0.2) is 0 Å². The first-order chi connectivity index (χ1) is 11.2. The summed E-state index contributed by atoms with van der Waals surface area (Å²) >= 11 is 0. The maximum Gasteiger partial charge on any atom is 0.326 e. The second-order valence-corrected chi connectivity index (χ2v) is 5.35. The number of carboxylic acid groups (broad SMARTS) is 1. The molecule has 0 spiro atoms. The molecule has 12 heteroatoms. The monoisotopic (exact) mass is 353 g/mol. The highest BCUT2D eigenvalue weighted by Crippen LogP contribution is 2.33. The van der Waals surface area contributed by atoms with E-state index in [2.05, 4.69) is 9.68 Å². The highest BCUT2D eigenvalue weighted by molar-refractivity contribution is 5.85. The summed E-state index contributed by atoms with van der Waals surface area (Å²) in [4.78, 5) is 34.4. The number of likely N-dealkylation sites (N-methyl/N-ethyl adjacent to an activating group) is 1. The van der Waals surface area contributed by atoms with E-state index in [0.29, 0.717) is 0 Å². The van der Waals surface area contributed by atoms with Gasteiger partial charge in [-0.1, -0.05) is 6.92 Å². The lowest BCUT2D eigenvalue weighted by atomic mass is 10.0. The smallest absolute Gasteiger partial charge is 0.326 e. The number of carbonyl (C=O) groups excluding carboxylic acids is 1. The lowest BCUT2D eigenvalue weighted by Crippen LogP contribution is -2.47. The Bertz CT molecular complexity index is 416. The third-order valence-electron chi connectivity index (χ3n) is 3.93. The molecule has 0 aromatic rings. The van der Waals surface area contributed by atoms with Crippen LogP contribution in [0, 0.1) is 5.92 Å². The molecule has 0 saturated heterocycles. The van der Waals surface area contributed by atoms with Crippen LogP contribution in [0.5, 0.6) is 0 Å². The molecule has 140 valence electrons. The quantitative estimate of drug-likeness (QED) is 0.351. The maximum absolute atomic E-state index is 12.6. The van der Waals surface area contributed by atoms with Gasteiger partial charge in [-0.3, -0.25) is 25.6 Å². The Labute approximate surface area is 137 Å². The van der Waals surface area contributed by atoms with Crippen molar-refractivity contribution < 1.29 is 45.2 Å². The number of carboxylic acids is 1. The highest BCUT2D eigenvalue weighted by atomic mass is 17.1. The van der Waals surface area contributed by atoms with Crippen LogP contribution < -0.4 is 0 Å². The number of amides is 1. The molecule has 1 aliphatic rings. The van der Waals surface area contributed by atoms with Crippen molar-refractivity contribution in [3.05, 3.63) is 0 Å². The zero-order chi connectivity index (χ0) is 18.4. The van der Waals surface area contributed by atoms with E-state index in [1.54, 1.807) is 13.8 Å². The van der Waals surface area contributed by atoms with Crippen LogP contribution in [-0.4, -0.2) is 78.3 Å². The first-order valence-electron chi connectivity index (χ1n) is 7.43. The van der Waals surface area contributed by atoms with Crippen molar-refractivity contribution in [2.45, 2.75) is 51.4 Å². The van der Waals surface area contributed by atoms with E-state index in [-0.39, 0.29) is 25.8 Å². The SMILES string of the molecule is CC[C@H](C(=O)O)N(CC)C(=O)C1C[C@H](ON(O)O)[C@H](ON(O)O)C1. The van der Waals surface area contributed by atoms with E-state index < -0.39 is 46.8 Å². The van der Waals surface area contributed by atoms with Crippen LogP contribution in [0.3, 0.4) is 0 Å². The van der Waals surface area contributed by atoms with E-state index in [0.717, 1.165) is 0 Å². The average Bonchev–Trinajstić information content (AvgIpc) is 2.84. The number of nitrogens with zero attached hydrogens (tertiary/aromatic N) is 3. The highest BCUT2D eigenvalue weighted by Gasteiger charge is 2.44. The van der Waals surface area contributed by atoms with E-state index >= 15 is 0 Å². The number of rotatable bonds is 9. The van der Waals surface area contributed by atoms with Gasteiger partial charge in [-0.25, -0.2) is 14.5 Å². The normalized spacial score (nSPS) is 25.2. The summed E-state index contributed by atoms with van der Waals surface area (Å²) in [6.45, 7) is 3.47. The Balaban J connectivity index is 2.87. The van der Waals surface area contributed by atoms with Crippen LogP contribution >= 0.6 is 0 Å². The van der Waals surface area contributed by atoms with Crippen molar-refractivity contribution in [2.24, 2.45) is 5.92 Å². The van der Waals surface area contributed by atoms with Crippen molar-refractivity contribution in [2.75, 3.05) is 6.54 Å². The molecule has 24 heavy (non-hydrogen) atoms. The summed E-state index contributed by atoms with van der Waals surface area (Å²) in [5.74, 6) is -2.33. The molecule has 0 bridgehead atoms. The molecule has 1 amide bonds. The average molecular weight is 353 g/mol. The van der Waals surface area contributed by atoms with Gasteiger partial charge in [-0.15, -0.1) is 0 Å². The number of hydrogen-bond acceptors (Lipinski definition) is 10. The van der Waals surface area contributed by atoms with Crippen LogP contribution in [0.1, 0.15) is 33.1 Å². The molecule has 0 aromatic carbocycles. The van der Waals surface area contributed by atoms with Gasteiger partial charge < -0.3 is 10.0 Å². The first kappa shape index (κ1) is 20.7. The Morgan fingerprint density at radius 1 is 1.04 bits per heavy atom. The van der Waals surface area contributed by atoms with Gasteiger partial charge in [-0.05, 0) is 26.2 Å². The molecule has 1 fully saturated rings. The zero-order valence-electron chi connectivity index (χ0n) is 13.3.